The van der Waals surface area contributed by atoms with Crippen LogP contribution in [0.15, 0.2) is 6.07 Å². The van der Waals surface area contributed by atoms with Crippen LogP contribution in [-0.2, 0) is 0 Å². The molecule has 0 spiro atoms. The molecule has 0 N–H and O–H groups in total. The molecule has 44 valence electrons. The number of thiophene rings is 1. The SMILES string of the molecule is Cc1cc(P)c(F)s1. The molecule has 0 aromatic carbocycles. The van der Waals surface area contributed by atoms with E-state index in [0.29, 0.717) is 5.30 Å². The first-order chi connectivity index (χ1) is 3.70. The van der Waals surface area contributed by atoms with E-state index in [1.807, 2.05) is 13.0 Å². The van der Waals surface area contributed by atoms with Crippen LogP contribution in [0.25, 0.3) is 0 Å². The van der Waals surface area contributed by atoms with Gasteiger partial charge in [-0.15, -0.1) is 20.6 Å². The molecule has 1 aromatic heterocycles. The second kappa shape index (κ2) is 2.12. The molecule has 1 unspecified atom stereocenters. The summed E-state index contributed by atoms with van der Waals surface area (Å²) >= 11 is 1.18. The van der Waals surface area contributed by atoms with Gasteiger partial charge in [-0.05, 0) is 13.0 Å². The molecular formula is C5H6FPS. The lowest BCUT2D eigenvalue weighted by molar-refractivity contribution is 0.665. The third kappa shape index (κ3) is 1.07. The molecule has 1 atom stereocenters. The number of halogens is 1. The molecule has 8 heavy (non-hydrogen) atoms. The Kier molecular flexibility index (Phi) is 1.64. The highest BCUT2D eigenvalue weighted by molar-refractivity contribution is 7.29. The van der Waals surface area contributed by atoms with Crippen molar-refractivity contribution in [1.29, 1.82) is 0 Å². The van der Waals surface area contributed by atoms with Gasteiger partial charge in [0.2, 0.25) is 0 Å². The summed E-state index contributed by atoms with van der Waals surface area (Å²) in [7, 11) is 2.34. The minimum absolute atomic E-state index is 0.0903. The summed E-state index contributed by atoms with van der Waals surface area (Å²) in [5.41, 5.74) is 0. The van der Waals surface area contributed by atoms with Gasteiger partial charge in [0.05, 0.1) is 0 Å². The average molecular weight is 148 g/mol. The lowest BCUT2D eigenvalue weighted by Crippen LogP contribution is -1.85. The van der Waals surface area contributed by atoms with Crippen molar-refractivity contribution in [1.82, 2.24) is 0 Å². The van der Waals surface area contributed by atoms with E-state index >= 15 is 0 Å². The average Bonchev–Trinajstić information content (AvgIpc) is 1.85. The van der Waals surface area contributed by atoms with Gasteiger partial charge in [0.25, 0.3) is 0 Å². The van der Waals surface area contributed by atoms with Crippen LogP contribution < -0.4 is 5.30 Å². The Labute approximate surface area is 53.9 Å². The van der Waals surface area contributed by atoms with Crippen molar-refractivity contribution >= 4 is 25.9 Å². The summed E-state index contributed by atoms with van der Waals surface area (Å²) in [6.07, 6.45) is 0. The van der Waals surface area contributed by atoms with Crippen LogP contribution in [0.4, 0.5) is 4.39 Å². The molecule has 0 nitrogen and oxygen atoms in total. The summed E-state index contributed by atoms with van der Waals surface area (Å²) in [5.74, 6) is 0. The van der Waals surface area contributed by atoms with E-state index in [2.05, 4.69) is 9.24 Å². The highest BCUT2D eigenvalue weighted by Gasteiger charge is 1.98. The molecule has 1 rings (SSSR count). The molecule has 0 aliphatic carbocycles. The summed E-state index contributed by atoms with van der Waals surface area (Å²) in [6.45, 7) is 1.89. The van der Waals surface area contributed by atoms with E-state index in [4.69, 9.17) is 0 Å². The molecule has 0 saturated heterocycles. The van der Waals surface area contributed by atoms with E-state index in [0.717, 1.165) is 4.88 Å². The Morgan fingerprint density at radius 2 is 2.38 bits per heavy atom. The third-order valence-corrected chi connectivity index (χ3v) is 2.32. The lowest BCUT2D eigenvalue weighted by atomic mass is 10.5. The monoisotopic (exact) mass is 148 g/mol. The fourth-order valence-corrected chi connectivity index (χ4v) is 1.70. The van der Waals surface area contributed by atoms with Gasteiger partial charge in [-0.25, -0.2) is 0 Å². The maximum absolute atomic E-state index is 12.3. The van der Waals surface area contributed by atoms with Gasteiger partial charge in [0.15, 0.2) is 5.13 Å². The minimum Gasteiger partial charge on any atom is -0.194 e. The molecule has 0 bridgehead atoms. The first kappa shape index (κ1) is 6.18. The normalized spacial score (nSPS) is 9.88. The fourth-order valence-electron chi connectivity index (χ4n) is 0.505. The highest BCUT2D eigenvalue weighted by atomic mass is 32.1. The molecule has 0 saturated carbocycles. The smallest absolute Gasteiger partial charge is 0.183 e. The van der Waals surface area contributed by atoms with Crippen molar-refractivity contribution in [2.24, 2.45) is 0 Å². The molecule has 1 heterocycles. The van der Waals surface area contributed by atoms with Crippen LogP contribution in [0.5, 0.6) is 0 Å². The number of hydrogen-bond acceptors (Lipinski definition) is 1. The van der Waals surface area contributed by atoms with Crippen LogP contribution in [0.2, 0.25) is 0 Å². The molecule has 0 fully saturated rings. The summed E-state index contributed by atoms with van der Waals surface area (Å²) < 4.78 is 12.3. The zero-order chi connectivity index (χ0) is 6.15. The Balaban J connectivity index is 3.14. The Bertz CT molecular complexity index is 175. The minimum atomic E-state index is -0.0903. The predicted octanol–water partition coefficient (Wildman–Crippen LogP) is 1.70. The molecular weight excluding hydrogens is 142 g/mol. The first-order valence-corrected chi connectivity index (χ1v) is 3.61. The number of hydrogen-bond donors (Lipinski definition) is 0. The van der Waals surface area contributed by atoms with E-state index < -0.39 is 0 Å². The third-order valence-electron chi connectivity index (χ3n) is 0.836. The molecule has 0 amide bonds. The largest absolute Gasteiger partial charge is 0.194 e. The Hall–Kier alpha value is 0.0600. The van der Waals surface area contributed by atoms with Crippen LogP contribution in [0, 0.1) is 12.1 Å². The zero-order valence-electron chi connectivity index (χ0n) is 4.44. The topological polar surface area (TPSA) is 0 Å². The van der Waals surface area contributed by atoms with Gasteiger partial charge in [-0.2, -0.15) is 4.39 Å². The standard InChI is InChI=1S/C5H6FPS/c1-3-2-4(7)5(6)8-3/h2H,7H2,1H3. The maximum atomic E-state index is 12.3. The van der Waals surface area contributed by atoms with Gasteiger partial charge in [0.1, 0.15) is 0 Å². The molecule has 3 heteroatoms. The highest BCUT2D eigenvalue weighted by Crippen LogP contribution is 2.12. The molecule has 1 aromatic rings. The second-order valence-corrected chi connectivity index (χ2v) is 3.41. The fraction of sp³-hybridized carbons (Fsp3) is 0.200. The van der Waals surface area contributed by atoms with Gasteiger partial charge >= 0.3 is 0 Å². The van der Waals surface area contributed by atoms with Gasteiger partial charge < -0.3 is 0 Å². The van der Waals surface area contributed by atoms with Crippen molar-refractivity contribution in [2.45, 2.75) is 6.92 Å². The Morgan fingerprint density at radius 1 is 1.75 bits per heavy atom. The number of aryl methyl sites for hydroxylation is 1. The van der Waals surface area contributed by atoms with Crippen molar-refractivity contribution in [3.63, 3.8) is 0 Å². The van der Waals surface area contributed by atoms with Gasteiger partial charge in [-0.1, -0.05) is 0 Å². The van der Waals surface area contributed by atoms with Crippen molar-refractivity contribution in [2.75, 3.05) is 0 Å². The molecule has 0 radical (unpaired) electrons. The summed E-state index contributed by atoms with van der Waals surface area (Å²) in [4.78, 5) is 1.02. The van der Waals surface area contributed by atoms with Gasteiger partial charge in [-0.3, -0.25) is 0 Å². The zero-order valence-corrected chi connectivity index (χ0v) is 6.41. The maximum Gasteiger partial charge on any atom is 0.183 e. The van der Waals surface area contributed by atoms with Crippen LogP contribution in [-0.4, -0.2) is 0 Å². The van der Waals surface area contributed by atoms with Crippen molar-refractivity contribution in [3.05, 3.63) is 16.1 Å². The van der Waals surface area contributed by atoms with E-state index in [9.17, 15) is 4.39 Å². The van der Waals surface area contributed by atoms with Crippen LogP contribution in [0.3, 0.4) is 0 Å². The molecule has 0 aliphatic rings. The predicted molar refractivity (Wildman–Crippen MR) is 38.4 cm³/mol. The quantitative estimate of drug-likeness (QED) is 0.491. The first-order valence-electron chi connectivity index (χ1n) is 2.21. The van der Waals surface area contributed by atoms with Crippen LogP contribution >= 0.6 is 20.6 Å². The lowest BCUT2D eigenvalue weighted by Gasteiger charge is -1.74. The summed E-state index contributed by atoms with van der Waals surface area (Å²) in [5, 5.41) is 0.583. The summed E-state index contributed by atoms with van der Waals surface area (Å²) in [6, 6.07) is 1.81. The number of rotatable bonds is 0. The Morgan fingerprint density at radius 3 is 2.50 bits per heavy atom. The van der Waals surface area contributed by atoms with Gasteiger partial charge in [0, 0.05) is 10.2 Å². The van der Waals surface area contributed by atoms with Crippen molar-refractivity contribution in [3.8, 4) is 0 Å². The van der Waals surface area contributed by atoms with E-state index in [1.54, 1.807) is 0 Å². The molecule has 0 aliphatic heterocycles. The van der Waals surface area contributed by atoms with E-state index in [-0.39, 0.29) is 5.13 Å². The van der Waals surface area contributed by atoms with Crippen molar-refractivity contribution < 1.29 is 4.39 Å². The van der Waals surface area contributed by atoms with E-state index in [1.165, 1.54) is 11.3 Å². The van der Waals surface area contributed by atoms with Crippen LogP contribution in [0.1, 0.15) is 4.88 Å². The second-order valence-electron chi connectivity index (χ2n) is 1.59.